The van der Waals surface area contributed by atoms with Gasteiger partial charge in [-0.25, -0.2) is 12.7 Å². The van der Waals surface area contributed by atoms with Gasteiger partial charge in [-0.3, -0.25) is 9.59 Å². The van der Waals surface area contributed by atoms with Gasteiger partial charge in [-0.2, -0.15) is 0 Å². The summed E-state index contributed by atoms with van der Waals surface area (Å²) in [6.07, 6.45) is -0.0867. The predicted molar refractivity (Wildman–Crippen MR) is 101 cm³/mol. The molecule has 10 heteroatoms. The fourth-order valence-electron chi connectivity index (χ4n) is 3.01. The quantitative estimate of drug-likeness (QED) is 0.809. The molecule has 0 aromatic heterocycles. The lowest BCUT2D eigenvalue weighted by molar-refractivity contribution is -0.116. The average Bonchev–Trinajstić information content (AvgIpc) is 3.23. The fraction of sp³-hybridized carbons (Fsp3) is 0.222. The zero-order valence-corrected chi connectivity index (χ0v) is 16.0. The Kier molecular flexibility index (Phi) is 4.64. The number of anilines is 1. The van der Waals surface area contributed by atoms with Gasteiger partial charge in [0.2, 0.25) is 22.7 Å². The highest BCUT2D eigenvalue weighted by atomic mass is 35.5. The molecule has 0 unspecified atom stereocenters. The van der Waals surface area contributed by atoms with Gasteiger partial charge >= 0.3 is 0 Å². The molecule has 2 aromatic carbocycles. The monoisotopic (exact) mass is 422 g/mol. The molecule has 2 aromatic rings. The maximum atomic E-state index is 12.6. The van der Waals surface area contributed by atoms with E-state index in [0.717, 1.165) is 9.87 Å². The van der Waals surface area contributed by atoms with Gasteiger partial charge in [-0.05, 0) is 35.9 Å². The molecule has 1 fully saturated rings. The van der Waals surface area contributed by atoms with E-state index >= 15 is 0 Å². The van der Waals surface area contributed by atoms with Crippen LogP contribution in [0, 0.1) is 0 Å². The first kappa shape index (κ1) is 18.6. The van der Waals surface area contributed by atoms with E-state index in [1.165, 1.54) is 18.2 Å². The topological polar surface area (TPSA) is 102 Å². The lowest BCUT2D eigenvalue weighted by Gasteiger charge is -2.16. The molecular weight excluding hydrogens is 408 g/mol. The Morgan fingerprint density at radius 1 is 1.14 bits per heavy atom. The molecule has 2 aliphatic rings. The molecule has 2 amide bonds. The molecule has 0 atom stereocenters. The number of carbonyl (C=O) groups excluding carboxylic acids is 2. The average molecular weight is 423 g/mol. The molecule has 2 heterocycles. The Balaban J connectivity index is 1.53. The van der Waals surface area contributed by atoms with Crippen molar-refractivity contribution in [2.45, 2.75) is 13.0 Å². The van der Waals surface area contributed by atoms with Gasteiger partial charge < -0.3 is 14.8 Å². The summed E-state index contributed by atoms with van der Waals surface area (Å²) in [4.78, 5) is 24.5. The second-order valence-electron chi connectivity index (χ2n) is 6.26. The molecule has 0 aliphatic carbocycles. The van der Waals surface area contributed by atoms with Gasteiger partial charge in [-0.1, -0.05) is 17.7 Å². The predicted octanol–water partition coefficient (Wildman–Crippen LogP) is 2.07. The zero-order valence-electron chi connectivity index (χ0n) is 14.5. The number of hydrogen-bond acceptors (Lipinski definition) is 6. The van der Waals surface area contributed by atoms with Crippen LogP contribution in [0.15, 0.2) is 36.4 Å². The third-order valence-corrected chi connectivity index (χ3v) is 6.42. The fourth-order valence-corrected chi connectivity index (χ4v) is 4.67. The Morgan fingerprint density at radius 2 is 1.93 bits per heavy atom. The lowest BCUT2D eigenvalue weighted by atomic mass is 10.1. The third kappa shape index (κ3) is 3.38. The first-order valence-electron chi connectivity index (χ1n) is 8.37. The number of ether oxygens (including phenoxy) is 2. The number of nitrogens with one attached hydrogen (secondary N) is 1. The SMILES string of the molecule is O=C(NCc1ccc2c(c1)OCO2)c1cc(N2C(=O)CCS2(=O)=O)ccc1Cl. The number of halogens is 1. The molecule has 0 bridgehead atoms. The molecule has 146 valence electrons. The highest BCUT2D eigenvalue weighted by Crippen LogP contribution is 2.32. The summed E-state index contributed by atoms with van der Waals surface area (Å²) in [6.45, 7) is 0.364. The number of amides is 2. The van der Waals surface area contributed by atoms with Crippen molar-refractivity contribution in [3.05, 3.63) is 52.5 Å². The van der Waals surface area contributed by atoms with Crippen LogP contribution in [0.25, 0.3) is 0 Å². The first-order valence-corrected chi connectivity index (χ1v) is 10.4. The van der Waals surface area contributed by atoms with Crippen LogP contribution >= 0.6 is 11.6 Å². The Bertz CT molecular complexity index is 1090. The molecule has 1 saturated heterocycles. The number of carbonyl (C=O) groups is 2. The first-order chi connectivity index (χ1) is 13.3. The normalized spacial score (nSPS) is 17.0. The van der Waals surface area contributed by atoms with E-state index in [4.69, 9.17) is 21.1 Å². The van der Waals surface area contributed by atoms with Gasteiger partial charge in [0.1, 0.15) is 0 Å². The van der Waals surface area contributed by atoms with E-state index in [1.54, 1.807) is 18.2 Å². The van der Waals surface area contributed by atoms with Crippen LogP contribution < -0.4 is 19.1 Å². The Hall–Kier alpha value is -2.78. The van der Waals surface area contributed by atoms with Crippen LogP contribution in [0.4, 0.5) is 5.69 Å². The van der Waals surface area contributed by atoms with Crippen molar-refractivity contribution in [3.63, 3.8) is 0 Å². The maximum Gasteiger partial charge on any atom is 0.253 e. The summed E-state index contributed by atoms with van der Waals surface area (Å²) in [5, 5.41) is 2.87. The van der Waals surface area contributed by atoms with Gasteiger partial charge in [0.15, 0.2) is 11.5 Å². The number of rotatable bonds is 4. The van der Waals surface area contributed by atoms with E-state index < -0.39 is 21.8 Å². The second-order valence-corrected chi connectivity index (χ2v) is 8.60. The van der Waals surface area contributed by atoms with E-state index in [1.807, 2.05) is 0 Å². The molecule has 0 radical (unpaired) electrons. The van der Waals surface area contributed by atoms with Gasteiger partial charge in [0.05, 0.1) is 22.0 Å². The highest BCUT2D eigenvalue weighted by molar-refractivity contribution is 7.94. The summed E-state index contributed by atoms with van der Waals surface area (Å²) in [5.41, 5.74) is 0.970. The third-order valence-electron chi connectivity index (χ3n) is 4.40. The van der Waals surface area contributed by atoms with Crippen molar-refractivity contribution in [1.29, 1.82) is 0 Å². The summed E-state index contributed by atoms with van der Waals surface area (Å²) < 4.78 is 35.4. The van der Waals surface area contributed by atoms with Crippen LogP contribution in [0.3, 0.4) is 0 Å². The highest BCUT2D eigenvalue weighted by Gasteiger charge is 2.36. The summed E-state index contributed by atoms with van der Waals surface area (Å²) in [7, 11) is -3.72. The van der Waals surface area contributed by atoms with E-state index in [2.05, 4.69) is 5.32 Å². The van der Waals surface area contributed by atoms with Crippen molar-refractivity contribution in [1.82, 2.24) is 5.32 Å². The van der Waals surface area contributed by atoms with Crippen LogP contribution in [0.2, 0.25) is 5.02 Å². The van der Waals surface area contributed by atoms with Gasteiger partial charge in [-0.15, -0.1) is 0 Å². The number of benzene rings is 2. The maximum absolute atomic E-state index is 12.6. The molecular formula is C18H15ClN2O6S. The van der Waals surface area contributed by atoms with Gasteiger partial charge in [0.25, 0.3) is 5.91 Å². The minimum atomic E-state index is -3.72. The molecule has 0 saturated carbocycles. The van der Waals surface area contributed by atoms with Crippen LogP contribution in [-0.2, 0) is 21.4 Å². The molecule has 4 rings (SSSR count). The number of fused-ring (bicyclic) bond motifs is 1. The smallest absolute Gasteiger partial charge is 0.253 e. The van der Waals surface area contributed by atoms with E-state index in [9.17, 15) is 18.0 Å². The van der Waals surface area contributed by atoms with E-state index in [-0.39, 0.29) is 41.8 Å². The summed E-state index contributed by atoms with van der Waals surface area (Å²) in [5.74, 6) is -0.0328. The number of hydrogen-bond donors (Lipinski definition) is 1. The van der Waals surface area contributed by atoms with Crippen molar-refractivity contribution in [3.8, 4) is 11.5 Å². The summed E-state index contributed by atoms with van der Waals surface area (Å²) >= 11 is 6.11. The molecule has 8 nitrogen and oxygen atoms in total. The van der Waals surface area contributed by atoms with Crippen LogP contribution in [-0.4, -0.2) is 32.8 Å². The standard InChI is InChI=1S/C18H15ClN2O6S/c19-14-3-2-12(21-17(22)5-6-28(21,24)25)8-13(14)18(23)20-9-11-1-4-15-16(7-11)27-10-26-15/h1-4,7-8H,5-6,9-10H2,(H,20,23). The molecule has 0 spiro atoms. The number of sulfonamides is 1. The minimum Gasteiger partial charge on any atom is -0.454 e. The molecule has 28 heavy (non-hydrogen) atoms. The van der Waals surface area contributed by atoms with Crippen molar-refractivity contribution < 1.29 is 27.5 Å². The molecule has 1 N–H and O–H groups in total. The second kappa shape index (κ2) is 6.99. The Morgan fingerprint density at radius 3 is 2.68 bits per heavy atom. The minimum absolute atomic E-state index is 0.0785. The lowest BCUT2D eigenvalue weighted by Crippen LogP contribution is -2.30. The molecule has 2 aliphatic heterocycles. The van der Waals surface area contributed by atoms with Crippen LogP contribution in [0.5, 0.6) is 11.5 Å². The number of nitrogens with zero attached hydrogens (tertiary/aromatic N) is 1. The van der Waals surface area contributed by atoms with E-state index in [0.29, 0.717) is 11.5 Å². The van der Waals surface area contributed by atoms with Crippen molar-refractivity contribution in [2.24, 2.45) is 0 Å². The largest absolute Gasteiger partial charge is 0.454 e. The Labute approximate surface area is 166 Å². The van der Waals surface area contributed by atoms with Crippen molar-refractivity contribution in [2.75, 3.05) is 16.9 Å². The zero-order chi connectivity index (χ0) is 19.9. The van der Waals surface area contributed by atoms with Crippen LogP contribution in [0.1, 0.15) is 22.3 Å². The summed E-state index contributed by atoms with van der Waals surface area (Å²) in [6, 6.07) is 9.40. The van der Waals surface area contributed by atoms with Crippen molar-refractivity contribution >= 4 is 39.1 Å². The van der Waals surface area contributed by atoms with Gasteiger partial charge in [0, 0.05) is 13.0 Å².